The molecule has 3 rings (SSSR count). The summed E-state index contributed by atoms with van der Waals surface area (Å²) in [4.78, 5) is 19.7. The van der Waals surface area contributed by atoms with Crippen LogP contribution >= 0.6 is 15.9 Å². The Morgan fingerprint density at radius 2 is 2.05 bits per heavy atom. The van der Waals surface area contributed by atoms with Crippen LogP contribution in [0, 0.1) is 0 Å². The summed E-state index contributed by atoms with van der Waals surface area (Å²) < 4.78 is 2.33. The van der Waals surface area contributed by atoms with Crippen LogP contribution in [-0.2, 0) is 6.54 Å². The van der Waals surface area contributed by atoms with Crippen molar-refractivity contribution >= 4 is 27.7 Å². The van der Waals surface area contributed by atoms with Crippen molar-refractivity contribution in [2.45, 2.75) is 6.54 Å². The Kier molecular flexibility index (Phi) is 3.04. The maximum atomic E-state index is 11.5. The first-order valence-corrected chi connectivity index (χ1v) is 6.44. The van der Waals surface area contributed by atoms with Gasteiger partial charge in [-0.2, -0.15) is 9.50 Å². The van der Waals surface area contributed by atoms with Crippen LogP contribution in [0.2, 0.25) is 0 Å². The van der Waals surface area contributed by atoms with Crippen LogP contribution in [0.25, 0.3) is 5.78 Å². The Morgan fingerprint density at radius 3 is 2.79 bits per heavy atom. The van der Waals surface area contributed by atoms with E-state index in [2.05, 4.69) is 36.3 Å². The van der Waals surface area contributed by atoms with Crippen LogP contribution in [0.15, 0.2) is 45.8 Å². The summed E-state index contributed by atoms with van der Waals surface area (Å²) in [5.74, 6) is 0.865. The second-order valence-electron chi connectivity index (χ2n) is 3.97. The third kappa shape index (κ3) is 2.50. The number of aromatic nitrogens is 4. The van der Waals surface area contributed by atoms with Gasteiger partial charge < -0.3 is 5.32 Å². The lowest BCUT2D eigenvalue weighted by molar-refractivity contribution is 0.895. The molecule has 3 aromatic rings. The highest BCUT2D eigenvalue weighted by Crippen LogP contribution is 2.11. The zero-order valence-corrected chi connectivity index (χ0v) is 11.4. The lowest BCUT2D eigenvalue weighted by Crippen LogP contribution is -2.12. The van der Waals surface area contributed by atoms with Crippen molar-refractivity contribution in [2.75, 3.05) is 5.32 Å². The molecule has 96 valence electrons. The lowest BCUT2D eigenvalue weighted by atomic mass is 10.2. The largest absolute Gasteiger partial charge is 0.351 e. The number of nitrogens with one attached hydrogen (secondary N) is 2. The van der Waals surface area contributed by atoms with Gasteiger partial charge in [0.05, 0.1) is 0 Å². The van der Waals surface area contributed by atoms with E-state index in [1.54, 1.807) is 0 Å². The van der Waals surface area contributed by atoms with Crippen molar-refractivity contribution in [3.63, 3.8) is 0 Å². The predicted molar refractivity (Wildman–Crippen MR) is 75.1 cm³/mol. The van der Waals surface area contributed by atoms with Crippen molar-refractivity contribution < 1.29 is 0 Å². The smallest absolute Gasteiger partial charge is 0.273 e. The topological polar surface area (TPSA) is 75.1 Å². The van der Waals surface area contributed by atoms with E-state index in [-0.39, 0.29) is 5.56 Å². The van der Waals surface area contributed by atoms with Gasteiger partial charge in [-0.1, -0.05) is 28.1 Å². The summed E-state index contributed by atoms with van der Waals surface area (Å²) >= 11 is 3.39. The predicted octanol–water partition coefficient (Wildman–Crippen LogP) is 1.79. The molecule has 0 unspecified atom stereocenters. The summed E-state index contributed by atoms with van der Waals surface area (Å²) in [6, 6.07) is 9.33. The zero-order chi connectivity index (χ0) is 13.2. The van der Waals surface area contributed by atoms with E-state index in [0.29, 0.717) is 18.3 Å². The first-order valence-electron chi connectivity index (χ1n) is 5.64. The van der Waals surface area contributed by atoms with Gasteiger partial charge in [-0.25, -0.2) is 4.98 Å². The highest BCUT2D eigenvalue weighted by molar-refractivity contribution is 9.10. The maximum absolute atomic E-state index is 11.5. The number of aromatic amines is 1. The van der Waals surface area contributed by atoms with Crippen LogP contribution in [-0.4, -0.2) is 19.6 Å². The fourth-order valence-electron chi connectivity index (χ4n) is 1.68. The van der Waals surface area contributed by atoms with E-state index in [9.17, 15) is 4.79 Å². The monoisotopic (exact) mass is 319 g/mol. The van der Waals surface area contributed by atoms with Gasteiger partial charge in [-0.15, -0.1) is 0 Å². The Morgan fingerprint density at radius 1 is 1.26 bits per heavy atom. The molecule has 6 nitrogen and oxygen atoms in total. The third-order valence-corrected chi connectivity index (χ3v) is 3.16. The summed E-state index contributed by atoms with van der Waals surface area (Å²) in [5.41, 5.74) is 0.929. The molecule has 0 saturated carbocycles. The molecule has 0 spiro atoms. The fraction of sp³-hybridized carbons (Fsp3) is 0.0833. The van der Waals surface area contributed by atoms with E-state index in [0.717, 1.165) is 10.0 Å². The van der Waals surface area contributed by atoms with Crippen molar-refractivity contribution in [1.82, 2.24) is 19.6 Å². The summed E-state index contributed by atoms with van der Waals surface area (Å²) in [7, 11) is 0. The molecular formula is C12H10BrN5O. The minimum Gasteiger partial charge on any atom is -0.351 e. The van der Waals surface area contributed by atoms with Crippen LogP contribution < -0.4 is 10.9 Å². The third-order valence-electron chi connectivity index (χ3n) is 2.63. The zero-order valence-electron chi connectivity index (χ0n) is 9.80. The Balaban J connectivity index is 1.80. The molecule has 0 aliphatic heterocycles. The van der Waals surface area contributed by atoms with Crippen LogP contribution in [0.5, 0.6) is 0 Å². The number of hydrogen-bond acceptors (Lipinski definition) is 4. The number of hydrogen-bond donors (Lipinski definition) is 2. The molecule has 0 bridgehead atoms. The molecular weight excluding hydrogens is 310 g/mol. The molecule has 0 amide bonds. The highest BCUT2D eigenvalue weighted by Gasteiger charge is 2.03. The molecule has 0 saturated heterocycles. The number of H-pyrrole nitrogens is 1. The van der Waals surface area contributed by atoms with E-state index < -0.39 is 0 Å². The van der Waals surface area contributed by atoms with Gasteiger partial charge in [0.25, 0.3) is 11.3 Å². The normalized spacial score (nSPS) is 10.8. The Bertz CT molecular complexity index is 762. The van der Waals surface area contributed by atoms with Crippen molar-refractivity contribution in [3.8, 4) is 0 Å². The molecule has 0 radical (unpaired) electrons. The van der Waals surface area contributed by atoms with Gasteiger partial charge >= 0.3 is 0 Å². The molecule has 0 aliphatic rings. The van der Waals surface area contributed by atoms with Gasteiger partial charge in [0.15, 0.2) is 0 Å². The molecule has 7 heteroatoms. The minimum atomic E-state index is -0.186. The number of nitrogens with zero attached hydrogens (tertiary/aromatic N) is 3. The SMILES string of the molecule is O=c1ccnc2nc(NCc3ccc(Br)cc3)[nH]n12. The van der Waals surface area contributed by atoms with E-state index in [4.69, 9.17) is 0 Å². The van der Waals surface area contributed by atoms with Gasteiger partial charge in [0.1, 0.15) is 0 Å². The molecule has 0 fully saturated rings. The lowest BCUT2D eigenvalue weighted by Gasteiger charge is -2.02. The molecule has 19 heavy (non-hydrogen) atoms. The number of halogens is 1. The second kappa shape index (κ2) is 4.85. The van der Waals surface area contributed by atoms with Crippen molar-refractivity contribution in [1.29, 1.82) is 0 Å². The molecule has 2 heterocycles. The van der Waals surface area contributed by atoms with E-state index in [1.165, 1.54) is 16.8 Å². The van der Waals surface area contributed by atoms with Gasteiger partial charge in [0.2, 0.25) is 5.95 Å². The van der Waals surface area contributed by atoms with E-state index in [1.807, 2.05) is 24.3 Å². The van der Waals surface area contributed by atoms with E-state index >= 15 is 0 Å². The Labute approximate surface area is 116 Å². The Hall–Kier alpha value is -2.15. The first-order chi connectivity index (χ1) is 9.22. The summed E-state index contributed by atoms with van der Waals surface area (Å²) in [5, 5.41) is 5.97. The fourth-order valence-corrected chi connectivity index (χ4v) is 1.94. The van der Waals surface area contributed by atoms with Crippen molar-refractivity contribution in [3.05, 3.63) is 56.9 Å². The summed E-state index contributed by atoms with van der Waals surface area (Å²) in [6.45, 7) is 0.613. The highest BCUT2D eigenvalue weighted by atomic mass is 79.9. The number of benzene rings is 1. The average Bonchev–Trinajstić information content (AvgIpc) is 2.83. The van der Waals surface area contributed by atoms with Crippen LogP contribution in [0.3, 0.4) is 0 Å². The molecule has 0 aliphatic carbocycles. The summed E-state index contributed by atoms with van der Waals surface area (Å²) in [6.07, 6.45) is 1.44. The average molecular weight is 320 g/mol. The van der Waals surface area contributed by atoms with Crippen LogP contribution in [0.1, 0.15) is 5.56 Å². The molecule has 2 aromatic heterocycles. The number of anilines is 1. The number of rotatable bonds is 3. The molecule has 1 aromatic carbocycles. The van der Waals surface area contributed by atoms with Crippen molar-refractivity contribution in [2.24, 2.45) is 0 Å². The van der Waals surface area contributed by atoms with Gasteiger partial charge in [-0.3, -0.25) is 9.89 Å². The first kappa shape index (κ1) is 11.9. The molecule has 0 atom stereocenters. The van der Waals surface area contributed by atoms with Crippen LogP contribution in [0.4, 0.5) is 5.95 Å². The van der Waals surface area contributed by atoms with Gasteiger partial charge in [-0.05, 0) is 17.7 Å². The maximum Gasteiger partial charge on any atom is 0.273 e. The standard InChI is InChI=1S/C12H10BrN5O/c13-9-3-1-8(2-4-9)7-15-11-16-12-14-6-5-10(19)18(12)17-11/h1-6H,7H2,(H2,14,15,16,17). The minimum absolute atomic E-state index is 0.186. The number of fused-ring (bicyclic) bond motifs is 1. The van der Waals surface area contributed by atoms with Gasteiger partial charge in [0, 0.05) is 23.3 Å². The quantitative estimate of drug-likeness (QED) is 0.771. The second-order valence-corrected chi connectivity index (χ2v) is 4.89. The molecule has 2 N–H and O–H groups in total.